The van der Waals surface area contributed by atoms with E-state index in [2.05, 4.69) is 17.1 Å². The molecule has 0 amide bonds. The zero-order valence-electron chi connectivity index (χ0n) is 8.13. The Morgan fingerprint density at radius 3 is 2.85 bits per heavy atom. The predicted molar refractivity (Wildman–Crippen MR) is 57.2 cm³/mol. The molecule has 2 atom stereocenters. The van der Waals surface area contributed by atoms with Crippen LogP contribution < -0.4 is 5.32 Å². The molecule has 2 nitrogen and oxygen atoms in total. The molecule has 0 saturated carbocycles. The number of thioether (sulfide) groups is 1. The molecule has 2 aliphatic heterocycles. The summed E-state index contributed by atoms with van der Waals surface area (Å²) in [5.41, 5.74) is 0. The van der Waals surface area contributed by atoms with E-state index in [9.17, 15) is 0 Å². The minimum atomic E-state index is 0.786. The van der Waals surface area contributed by atoms with Crippen molar-refractivity contribution in [1.82, 2.24) is 5.32 Å². The molecule has 0 aromatic heterocycles. The highest BCUT2D eigenvalue weighted by atomic mass is 32.2. The Labute approximate surface area is 84.8 Å². The van der Waals surface area contributed by atoms with Crippen molar-refractivity contribution in [2.75, 3.05) is 37.8 Å². The van der Waals surface area contributed by atoms with Gasteiger partial charge in [-0.2, -0.15) is 11.8 Å². The van der Waals surface area contributed by atoms with Crippen LogP contribution in [0, 0.1) is 11.8 Å². The third kappa shape index (κ3) is 3.15. The van der Waals surface area contributed by atoms with E-state index in [1.165, 1.54) is 37.4 Å². The Morgan fingerprint density at radius 1 is 1.23 bits per heavy atom. The van der Waals surface area contributed by atoms with Crippen LogP contribution in [0.3, 0.4) is 0 Å². The molecule has 0 aromatic rings. The summed E-state index contributed by atoms with van der Waals surface area (Å²) in [6, 6.07) is 0. The van der Waals surface area contributed by atoms with Crippen molar-refractivity contribution in [3.05, 3.63) is 0 Å². The van der Waals surface area contributed by atoms with Crippen LogP contribution in [0.4, 0.5) is 0 Å². The summed E-state index contributed by atoms with van der Waals surface area (Å²) < 4.78 is 5.34. The molecule has 0 radical (unpaired) electrons. The fraction of sp³-hybridized carbons (Fsp3) is 1.00. The van der Waals surface area contributed by atoms with Crippen molar-refractivity contribution < 1.29 is 4.74 Å². The molecular weight excluding hydrogens is 182 g/mol. The second-order valence-corrected chi connectivity index (χ2v) is 5.27. The van der Waals surface area contributed by atoms with E-state index >= 15 is 0 Å². The van der Waals surface area contributed by atoms with Crippen molar-refractivity contribution in [2.24, 2.45) is 11.8 Å². The highest BCUT2D eigenvalue weighted by Gasteiger charge is 2.17. The first kappa shape index (κ1) is 9.81. The molecule has 0 bridgehead atoms. The van der Waals surface area contributed by atoms with Gasteiger partial charge in [-0.15, -0.1) is 0 Å². The summed E-state index contributed by atoms with van der Waals surface area (Å²) in [5, 5.41) is 3.58. The van der Waals surface area contributed by atoms with Gasteiger partial charge >= 0.3 is 0 Å². The quantitative estimate of drug-likeness (QED) is 0.742. The van der Waals surface area contributed by atoms with Crippen LogP contribution in [0.25, 0.3) is 0 Å². The maximum Gasteiger partial charge on any atom is 0.0507 e. The van der Waals surface area contributed by atoms with Crippen molar-refractivity contribution in [2.45, 2.75) is 12.8 Å². The van der Waals surface area contributed by atoms with Crippen LogP contribution in [-0.4, -0.2) is 37.8 Å². The lowest BCUT2D eigenvalue weighted by molar-refractivity contribution is 0.185. The van der Waals surface area contributed by atoms with Crippen LogP contribution in [0.1, 0.15) is 12.8 Å². The first-order valence-corrected chi connectivity index (χ1v) is 6.47. The molecule has 13 heavy (non-hydrogen) atoms. The third-order valence-corrected chi connectivity index (χ3v) is 4.15. The topological polar surface area (TPSA) is 21.3 Å². The zero-order valence-corrected chi connectivity index (χ0v) is 8.94. The molecule has 2 unspecified atom stereocenters. The Bertz CT molecular complexity index is 126. The van der Waals surface area contributed by atoms with Gasteiger partial charge in [0, 0.05) is 13.2 Å². The largest absolute Gasteiger partial charge is 0.381 e. The van der Waals surface area contributed by atoms with Gasteiger partial charge in [0.2, 0.25) is 0 Å². The van der Waals surface area contributed by atoms with Crippen LogP contribution in [0.2, 0.25) is 0 Å². The summed E-state index contributed by atoms with van der Waals surface area (Å²) >= 11 is 2.10. The molecule has 2 heterocycles. The lowest BCUT2D eigenvalue weighted by Crippen LogP contribution is -2.28. The third-order valence-electron chi connectivity index (χ3n) is 2.91. The average Bonchev–Trinajstić information content (AvgIpc) is 2.75. The first-order chi connectivity index (χ1) is 6.45. The van der Waals surface area contributed by atoms with Crippen molar-refractivity contribution in [3.8, 4) is 0 Å². The molecule has 2 rings (SSSR count). The molecule has 0 spiro atoms. The maximum atomic E-state index is 5.34. The molecule has 3 heteroatoms. The summed E-state index contributed by atoms with van der Waals surface area (Å²) in [5.74, 6) is 4.47. The minimum absolute atomic E-state index is 0.786. The monoisotopic (exact) mass is 201 g/mol. The molecule has 1 N–H and O–H groups in total. The predicted octanol–water partition coefficient (Wildman–Crippen LogP) is 1.37. The van der Waals surface area contributed by atoms with Gasteiger partial charge in [0.15, 0.2) is 0 Å². The highest BCUT2D eigenvalue weighted by Crippen LogP contribution is 2.22. The molecule has 2 fully saturated rings. The van der Waals surface area contributed by atoms with Gasteiger partial charge in [-0.05, 0) is 42.7 Å². The van der Waals surface area contributed by atoms with Gasteiger partial charge in [0.1, 0.15) is 0 Å². The molecule has 76 valence electrons. The highest BCUT2D eigenvalue weighted by molar-refractivity contribution is 7.99. The standard InChI is InChI=1S/C10H19NOS/c1-3-12-7-9(1)5-11-6-10-2-4-13-8-10/h9-11H,1-8H2. The first-order valence-electron chi connectivity index (χ1n) is 5.31. The van der Waals surface area contributed by atoms with Crippen LogP contribution in [0.15, 0.2) is 0 Å². The van der Waals surface area contributed by atoms with Gasteiger partial charge < -0.3 is 10.1 Å². The number of hydrogen-bond donors (Lipinski definition) is 1. The van der Waals surface area contributed by atoms with E-state index < -0.39 is 0 Å². The van der Waals surface area contributed by atoms with E-state index in [1.807, 2.05) is 0 Å². The SMILES string of the molecule is C1CC(CNCC2CCSC2)CO1. The second kappa shape index (κ2) is 5.23. The smallest absolute Gasteiger partial charge is 0.0507 e. The Kier molecular flexibility index (Phi) is 3.94. The molecule has 0 aliphatic carbocycles. The van der Waals surface area contributed by atoms with Gasteiger partial charge in [0.25, 0.3) is 0 Å². The Hall–Kier alpha value is 0.270. The number of hydrogen-bond acceptors (Lipinski definition) is 3. The van der Waals surface area contributed by atoms with E-state index in [1.54, 1.807) is 0 Å². The molecule has 0 aromatic carbocycles. The van der Waals surface area contributed by atoms with Gasteiger partial charge in [0.05, 0.1) is 6.61 Å². The zero-order chi connectivity index (χ0) is 8.93. The van der Waals surface area contributed by atoms with Crippen molar-refractivity contribution in [1.29, 1.82) is 0 Å². The molecule has 2 aliphatic rings. The van der Waals surface area contributed by atoms with Crippen LogP contribution >= 0.6 is 11.8 Å². The van der Waals surface area contributed by atoms with Gasteiger partial charge in [-0.3, -0.25) is 0 Å². The summed E-state index contributed by atoms with van der Waals surface area (Å²) in [6.07, 6.45) is 2.67. The van der Waals surface area contributed by atoms with Crippen molar-refractivity contribution >= 4 is 11.8 Å². The summed E-state index contributed by atoms with van der Waals surface area (Å²) in [7, 11) is 0. The van der Waals surface area contributed by atoms with E-state index in [-0.39, 0.29) is 0 Å². The average molecular weight is 201 g/mol. The van der Waals surface area contributed by atoms with E-state index in [0.29, 0.717) is 0 Å². The lowest BCUT2D eigenvalue weighted by atomic mass is 10.1. The second-order valence-electron chi connectivity index (χ2n) is 4.12. The Morgan fingerprint density at radius 2 is 2.15 bits per heavy atom. The van der Waals surface area contributed by atoms with Gasteiger partial charge in [-0.25, -0.2) is 0 Å². The normalized spacial score (nSPS) is 34.2. The fourth-order valence-corrected chi connectivity index (χ4v) is 3.26. The van der Waals surface area contributed by atoms with E-state index in [4.69, 9.17) is 4.74 Å². The summed E-state index contributed by atoms with van der Waals surface area (Å²) in [6.45, 7) is 4.35. The number of rotatable bonds is 4. The minimum Gasteiger partial charge on any atom is -0.381 e. The van der Waals surface area contributed by atoms with Crippen LogP contribution in [0.5, 0.6) is 0 Å². The lowest BCUT2D eigenvalue weighted by Gasteiger charge is -2.12. The number of ether oxygens (including phenoxy) is 1. The molecular formula is C10H19NOS. The molecule has 2 saturated heterocycles. The van der Waals surface area contributed by atoms with Crippen LogP contribution in [-0.2, 0) is 4.74 Å². The van der Waals surface area contributed by atoms with Crippen molar-refractivity contribution in [3.63, 3.8) is 0 Å². The number of nitrogens with one attached hydrogen (secondary N) is 1. The Balaban J connectivity index is 1.52. The summed E-state index contributed by atoms with van der Waals surface area (Å²) in [4.78, 5) is 0. The van der Waals surface area contributed by atoms with Gasteiger partial charge in [-0.1, -0.05) is 0 Å². The van der Waals surface area contributed by atoms with E-state index in [0.717, 1.165) is 25.0 Å². The fourth-order valence-electron chi connectivity index (χ4n) is 1.98. The maximum absolute atomic E-state index is 5.34.